The lowest BCUT2D eigenvalue weighted by Gasteiger charge is -2.08. The van der Waals surface area contributed by atoms with Crippen molar-refractivity contribution in [2.75, 3.05) is 0 Å². The van der Waals surface area contributed by atoms with E-state index in [9.17, 15) is 0 Å². The minimum atomic E-state index is 1.16. The molecule has 86 valence electrons. The lowest BCUT2D eigenvalue weighted by atomic mass is 9.98. The maximum atomic E-state index is 3.77. The minimum Gasteiger partial charge on any atom is -0.0985 e. The molecule has 0 aliphatic heterocycles. The van der Waals surface area contributed by atoms with Gasteiger partial charge in [-0.1, -0.05) is 64.7 Å². The number of allylic oxidation sites excluding steroid dienone is 7. The Labute approximate surface area is 96.1 Å². The van der Waals surface area contributed by atoms with E-state index in [4.69, 9.17) is 0 Å². The molecule has 0 aromatic rings. The molecule has 15 heavy (non-hydrogen) atoms. The molecule has 0 aromatic carbocycles. The zero-order valence-corrected chi connectivity index (χ0v) is 11.0. The van der Waals surface area contributed by atoms with Crippen LogP contribution in [0.25, 0.3) is 0 Å². The van der Waals surface area contributed by atoms with Crippen molar-refractivity contribution in [2.45, 2.75) is 47.5 Å². The van der Waals surface area contributed by atoms with Gasteiger partial charge in [-0.25, -0.2) is 0 Å². The molecule has 0 fully saturated rings. The molecule has 0 radical (unpaired) electrons. The van der Waals surface area contributed by atoms with Crippen LogP contribution >= 0.6 is 0 Å². The summed E-state index contributed by atoms with van der Waals surface area (Å²) in [6.45, 7) is 13.8. The van der Waals surface area contributed by atoms with Gasteiger partial charge in [0.25, 0.3) is 0 Å². The van der Waals surface area contributed by atoms with Crippen LogP contribution in [0.3, 0.4) is 0 Å². The minimum absolute atomic E-state index is 1.16. The third kappa shape index (κ3) is 6.96. The monoisotopic (exact) mass is 206 g/mol. The first-order valence-electron chi connectivity index (χ1n) is 6.04. The van der Waals surface area contributed by atoms with Gasteiger partial charge in [-0.05, 0) is 30.9 Å². The first-order valence-corrected chi connectivity index (χ1v) is 6.04. The molecule has 1 aliphatic carbocycles. The molecular formula is C15H26. The fourth-order valence-electron chi connectivity index (χ4n) is 1.26. The molecular weight excluding hydrogens is 180 g/mol. The summed E-state index contributed by atoms with van der Waals surface area (Å²) in [5.74, 6) is 0. The van der Waals surface area contributed by atoms with Gasteiger partial charge in [0, 0.05) is 0 Å². The second-order valence-electron chi connectivity index (χ2n) is 2.60. The molecule has 0 aromatic heterocycles. The van der Waals surface area contributed by atoms with Crippen LogP contribution in [-0.2, 0) is 0 Å². The Bertz CT molecular complexity index is 226. The van der Waals surface area contributed by atoms with E-state index in [0.717, 1.165) is 12.8 Å². The van der Waals surface area contributed by atoms with Gasteiger partial charge >= 0.3 is 0 Å². The van der Waals surface area contributed by atoms with E-state index in [0.29, 0.717) is 0 Å². The zero-order chi connectivity index (χ0) is 12.1. The van der Waals surface area contributed by atoms with E-state index < -0.39 is 0 Å². The van der Waals surface area contributed by atoms with Crippen molar-refractivity contribution in [2.24, 2.45) is 0 Å². The van der Waals surface area contributed by atoms with Gasteiger partial charge in [0.1, 0.15) is 0 Å². The normalized spacial score (nSPS) is 13.9. The smallest absolute Gasteiger partial charge is 0.0231 e. The first-order chi connectivity index (χ1) is 7.38. The maximum Gasteiger partial charge on any atom is -0.0231 e. The number of rotatable bonds is 2. The molecule has 0 spiro atoms. The van der Waals surface area contributed by atoms with E-state index in [1.54, 1.807) is 0 Å². The summed E-state index contributed by atoms with van der Waals surface area (Å²) in [6, 6.07) is 0. The van der Waals surface area contributed by atoms with Crippen LogP contribution in [0.4, 0.5) is 0 Å². The predicted molar refractivity (Wildman–Crippen MR) is 73.1 cm³/mol. The van der Waals surface area contributed by atoms with Crippen molar-refractivity contribution in [1.82, 2.24) is 0 Å². The summed E-state index contributed by atoms with van der Waals surface area (Å²) in [6.07, 6.45) is 12.9. The van der Waals surface area contributed by atoms with E-state index >= 15 is 0 Å². The molecule has 0 atom stereocenters. The average Bonchev–Trinajstić information content (AvgIpc) is 2.35. The lowest BCUT2D eigenvalue weighted by molar-refractivity contribution is 1.01. The topological polar surface area (TPSA) is 0 Å². The van der Waals surface area contributed by atoms with Crippen molar-refractivity contribution < 1.29 is 0 Å². The van der Waals surface area contributed by atoms with Crippen LogP contribution in [0.15, 0.2) is 48.1 Å². The lowest BCUT2D eigenvalue weighted by Crippen LogP contribution is -1.88. The van der Waals surface area contributed by atoms with Crippen LogP contribution in [-0.4, -0.2) is 0 Å². The quantitative estimate of drug-likeness (QED) is 0.563. The van der Waals surface area contributed by atoms with Gasteiger partial charge in [-0.15, -0.1) is 0 Å². The van der Waals surface area contributed by atoms with Crippen LogP contribution < -0.4 is 0 Å². The molecule has 0 heteroatoms. The molecule has 0 N–H and O–H groups in total. The van der Waals surface area contributed by atoms with Gasteiger partial charge in [-0.3, -0.25) is 0 Å². The average molecular weight is 206 g/mol. The molecule has 0 saturated heterocycles. The van der Waals surface area contributed by atoms with E-state index in [-0.39, 0.29) is 0 Å². The largest absolute Gasteiger partial charge is 0.0985 e. The fourth-order valence-corrected chi connectivity index (χ4v) is 1.26. The van der Waals surface area contributed by atoms with E-state index in [2.05, 4.69) is 30.9 Å². The highest BCUT2D eigenvalue weighted by Gasteiger charge is 2.00. The Morgan fingerprint density at radius 2 is 1.47 bits per heavy atom. The Hall–Kier alpha value is -1.04. The first kappa shape index (κ1) is 16.4. The summed E-state index contributed by atoms with van der Waals surface area (Å²) in [5.41, 5.74) is 2.59. The molecule has 0 amide bonds. The van der Waals surface area contributed by atoms with E-state index in [1.807, 2.05) is 40.7 Å². The summed E-state index contributed by atoms with van der Waals surface area (Å²) in [5, 5.41) is 0. The Morgan fingerprint density at radius 1 is 1.00 bits per heavy atom. The van der Waals surface area contributed by atoms with Crippen LogP contribution in [0, 0.1) is 0 Å². The van der Waals surface area contributed by atoms with Gasteiger partial charge in [0.15, 0.2) is 0 Å². The molecule has 0 bridgehead atoms. The van der Waals surface area contributed by atoms with Crippen LogP contribution in [0.2, 0.25) is 0 Å². The summed E-state index contributed by atoms with van der Waals surface area (Å²) < 4.78 is 0. The Kier molecular flexibility index (Phi) is 14.2. The van der Waals surface area contributed by atoms with Crippen LogP contribution in [0.5, 0.6) is 0 Å². The predicted octanol–water partition coefficient (Wildman–Crippen LogP) is 5.45. The third-order valence-electron chi connectivity index (χ3n) is 1.79. The van der Waals surface area contributed by atoms with Crippen molar-refractivity contribution in [3.8, 4) is 0 Å². The molecule has 1 rings (SSSR count). The molecule has 0 saturated carbocycles. The van der Waals surface area contributed by atoms with Gasteiger partial charge in [-0.2, -0.15) is 0 Å². The fraction of sp³-hybridized carbons (Fsp3) is 0.467. The van der Waals surface area contributed by atoms with E-state index in [1.165, 1.54) is 11.1 Å². The van der Waals surface area contributed by atoms with Gasteiger partial charge < -0.3 is 0 Å². The highest BCUT2D eigenvalue weighted by Crippen LogP contribution is 2.20. The second-order valence-corrected chi connectivity index (χ2v) is 2.60. The van der Waals surface area contributed by atoms with Gasteiger partial charge in [0.05, 0.1) is 0 Å². The number of hydrogen-bond acceptors (Lipinski definition) is 0. The standard InChI is InChI=1S/C11H14.2C2H6/c1-3-7-11-9-6-5-8-10(11)4-2;2*1-2/h3-4,7-9H,2,5-6H2,1H3;2*1-2H3/b7-3-;;. The van der Waals surface area contributed by atoms with Crippen molar-refractivity contribution in [3.05, 3.63) is 48.1 Å². The maximum absolute atomic E-state index is 3.77. The van der Waals surface area contributed by atoms with Crippen molar-refractivity contribution >= 4 is 0 Å². The summed E-state index contributed by atoms with van der Waals surface area (Å²) in [7, 11) is 0. The Morgan fingerprint density at radius 3 is 1.87 bits per heavy atom. The second kappa shape index (κ2) is 13.0. The van der Waals surface area contributed by atoms with Crippen molar-refractivity contribution in [1.29, 1.82) is 0 Å². The highest BCUT2D eigenvalue weighted by atomic mass is 14.1. The summed E-state index contributed by atoms with van der Waals surface area (Å²) in [4.78, 5) is 0. The molecule has 1 aliphatic rings. The molecule has 0 nitrogen and oxygen atoms in total. The van der Waals surface area contributed by atoms with Crippen LogP contribution in [0.1, 0.15) is 47.5 Å². The molecule has 0 unspecified atom stereocenters. The summed E-state index contributed by atoms with van der Waals surface area (Å²) >= 11 is 0. The SMILES string of the molecule is C=CC1=CCCC=C1/C=C\C.CC.CC. The highest BCUT2D eigenvalue weighted by molar-refractivity contribution is 5.47. The van der Waals surface area contributed by atoms with Gasteiger partial charge in [0.2, 0.25) is 0 Å². The molecule has 0 heterocycles. The third-order valence-corrected chi connectivity index (χ3v) is 1.79. The Balaban J connectivity index is 0. The zero-order valence-electron chi connectivity index (χ0n) is 11.0. The number of hydrogen-bond donors (Lipinski definition) is 0. The van der Waals surface area contributed by atoms with Crippen molar-refractivity contribution in [3.63, 3.8) is 0 Å².